The molecule has 0 aliphatic rings. The molecule has 1 atom stereocenters. The number of aliphatic carboxylic acids is 1. The van der Waals surface area contributed by atoms with Crippen LogP contribution in [0.15, 0.2) is 35.3 Å². The number of carbonyl (C=O) groups excluding carboxylic acids is 3. The Hall–Kier alpha value is -6.36. The number of benzene rings is 1. The molecular formula is C49H65N7O15. The molecule has 0 spiro atoms. The van der Waals surface area contributed by atoms with Gasteiger partial charge in [-0.1, -0.05) is 17.8 Å². The zero-order chi connectivity index (χ0) is 51.4. The number of anilines is 2. The summed E-state index contributed by atoms with van der Waals surface area (Å²) >= 11 is 0. The van der Waals surface area contributed by atoms with Crippen molar-refractivity contribution in [2.45, 2.75) is 51.1 Å². The van der Waals surface area contributed by atoms with Crippen molar-refractivity contribution in [3.05, 3.63) is 52.1 Å². The highest BCUT2D eigenvalue weighted by atomic mass is 16.6. The van der Waals surface area contributed by atoms with Gasteiger partial charge >= 0.3 is 5.97 Å². The number of nitrogens with zero attached hydrogens (tertiary/aromatic N) is 3. The molecule has 22 heteroatoms. The Kier molecular flexibility index (Phi) is 29.6. The van der Waals surface area contributed by atoms with Gasteiger partial charge in [0.15, 0.2) is 11.2 Å². The number of nitrogens with one attached hydrogen (secondary N) is 3. The Bertz CT molecular complexity index is 2210. The van der Waals surface area contributed by atoms with Crippen LogP contribution >= 0.6 is 0 Å². The van der Waals surface area contributed by atoms with E-state index in [1.54, 1.807) is 12.1 Å². The third kappa shape index (κ3) is 25.4. The highest BCUT2D eigenvalue weighted by molar-refractivity contribution is 5.97. The lowest BCUT2D eigenvalue weighted by Crippen LogP contribution is -2.41. The van der Waals surface area contributed by atoms with Gasteiger partial charge < -0.3 is 64.1 Å². The van der Waals surface area contributed by atoms with E-state index in [0.717, 1.165) is 0 Å². The minimum Gasteiger partial charge on any atom is -0.480 e. The van der Waals surface area contributed by atoms with Crippen molar-refractivity contribution in [1.82, 2.24) is 25.3 Å². The van der Waals surface area contributed by atoms with E-state index in [-0.39, 0.29) is 119 Å². The van der Waals surface area contributed by atoms with Gasteiger partial charge in [-0.3, -0.25) is 24.2 Å². The van der Waals surface area contributed by atoms with Crippen LogP contribution in [0.4, 0.5) is 11.6 Å². The second-order valence-electron chi connectivity index (χ2n) is 15.7. The van der Waals surface area contributed by atoms with Crippen LogP contribution in [0.2, 0.25) is 0 Å². The number of ether oxygens (including phenoxy) is 9. The molecule has 71 heavy (non-hydrogen) atoms. The van der Waals surface area contributed by atoms with E-state index >= 15 is 0 Å². The van der Waals surface area contributed by atoms with E-state index in [4.69, 9.17) is 67.6 Å². The van der Waals surface area contributed by atoms with Crippen LogP contribution in [0.3, 0.4) is 0 Å². The maximum Gasteiger partial charge on any atom is 0.326 e. The van der Waals surface area contributed by atoms with E-state index < -0.39 is 28.9 Å². The maximum absolute atomic E-state index is 12.8. The van der Waals surface area contributed by atoms with Gasteiger partial charge in [0.1, 0.15) is 37.4 Å². The topological polar surface area (TPSA) is 293 Å². The summed E-state index contributed by atoms with van der Waals surface area (Å²) in [5.41, 5.74) is 5.73. The van der Waals surface area contributed by atoms with Crippen molar-refractivity contribution >= 4 is 46.2 Å². The second kappa shape index (κ2) is 35.7. The van der Waals surface area contributed by atoms with E-state index in [2.05, 4.69) is 48.3 Å². The number of hydrogen-bond donors (Lipinski definition) is 5. The molecule has 386 valence electrons. The number of H-pyrrole nitrogens is 1. The highest BCUT2D eigenvalue weighted by Crippen LogP contribution is 2.26. The molecule has 0 aliphatic heterocycles. The Morgan fingerprint density at radius 3 is 1.73 bits per heavy atom. The van der Waals surface area contributed by atoms with Gasteiger partial charge in [-0.2, -0.15) is 4.98 Å². The third-order valence-corrected chi connectivity index (χ3v) is 9.90. The molecule has 1 aromatic carbocycles. The summed E-state index contributed by atoms with van der Waals surface area (Å²) in [6.45, 7) is 4.97. The molecule has 3 aromatic rings. The number of carbonyl (C=O) groups is 4. The first-order chi connectivity index (χ1) is 34.5. The van der Waals surface area contributed by atoms with Crippen LogP contribution in [0, 0.1) is 42.4 Å². The van der Waals surface area contributed by atoms with Crippen molar-refractivity contribution in [2.24, 2.45) is 5.41 Å². The Morgan fingerprint density at radius 1 is 0.690 bits per heavy atom. The summed E-state index contributed by atoms with van der Waals surface area (Å²) in [4.78, 5) is 76.8. The number of Topliss-reactive ketones (excluding diaryl/α,β-unsaturated/α-hetero) is 2. The molecule has 0 saturated carbocycles. The number of carboxylic acids is 1. The van der Waals surface area contributed by atoms with Crippen LogP contribution in [0.5, 0.6) is 0 Å². The lowest BCUT2D eigenvalue weighted by atomic mass is 9.84. The maximum atomic E-state index is 12.8. The molecule has 0 radical (unpaired) electrons. The number of carboxylic acid groups (broad SMARTS) is 1. The zero-order valence-electron chi connectivity index (χ0n) is 40.0. The molecule has 6 N–H and O–H groups in total. The number of ketones is 2. The highest BCUT2D eigenvalue weighted by Gasteiger charge is 2.34. The number of aromatic amines is 1. The fourth-order valence-corrected chi connectivity index (χ4v) is 6.44. The molecule has 0 bridgehead atoms. The Morgan fingerprint density at radius 2 is 1.21 bits per heavy atom. The van der Waals surface area contributed by atoms with E-state index in [1.165, 1.54) is 18.3 Å². The summed E-state index contributed by atoms with van der Waals surface area (Å²) in [5.74, 6) is 5.10. The Labute approximate surface area is 413 Å². The molecule has 0 saturated heterocycles. The molecule has 2 aromatic heterocycles. The molecule has 2 heterocycles. The van der Waals surface area contributed by atoms with Gasteiger partial charge in [-0.25, -0.2) is 14.8 Å². The predicted octanol–water partition coefficient (Wildman–Crippen LogP) is 1.60. The van der Waals surface area contributed by atoms with Crippen LogP contribution in [-0.2, 0) is 63.6 Å². The van der Waals surface area contributed by atoms with Crippen molar-refractivity contribution in [3.63, 3.8) is 0 Å². The molecule has 0 aliphatic carbocycles. The van der Waals surface area contributed by atoms with Gasteiger partial charge in [0.05, 0.1) is 111 Å². The smallest absolute Gasteiger partial charge is 0.326 e. The first-order valence-corrected chi connectivity index (χ1v) is 22.9. The van der Waals surface area contributed by atoms with Gasteiger partial charge in [-0.15, -0.1) is 19.3 Å². The van der Waals surface area contributed by atoms with Crippen molar-refractivity contribution in [3.8, 4) is 37.0 Å². The summed E-state index contributed by atoms with van der Waals surface area (Å²) in [7, 11) is 0. The van der Waals surface area contributed by atoms with Crippen LogP contribution in [0.1, 0.15) is 54.6 Å². The molecule has 0 fully saturated rings. The molecular weight excluding hydrogens is 927 g/mol. The fraction of sp³-hybridized carbons (Fsp3) is 0.551. The quantitative estimate of drug-likeness (QED) is 0.0398. The van der Waals surface area contributed by atoms with Crippen molar-refractivity contribution < 1.29 is 66.9 Å². The monoisotopic (exact) mass is 991 g/mol. The molecule has 1 amide bonds. The Balaban J connectivity index is 1.12. The van der Waals surface area contributed by atoms with Crippen LogP contribution in [-0.4, -0.2) is 173 Å². The second-order valence-corrected chi connectivity index (χ2v) is 15.7. The van der Waals surface area contributed by atoms with Crippen molar-refractivity contribution in [2.75, 3.05) is 130 Å². The largest absolute Gasteiger partial charge is 0.480 e. The normalized spacial score (nSPS) is 11.6. The first-order valence-electron chi connectivity index (χ1n) is 22.9. The minimum atomic E-state index is -1.25. The summed E-state index contributed by atoms with van der Waals surface area (Å²) in [6.07, 6.45) is 18.2. The summed E-state index contributed by atoms with van der Waals surface area (Å²) in [5, 5.41) is 15.3. The van der Waals surface area contributed by atoms with E-state index in [9.17, 15) is 29.1 Å². The first kappa shape index (κ1) is 59.0. The lowest BCUT2D eigenvalue weighted by Gasteiger charge is -2.32. The number of rotatable bonds is 42. The van der Waals surface area contributed by atoms with Gasteiger partial charge in [0, 0.05) is 49.0 Å². The lowest BCUT2D eigenvalue weighted by molar-refractivity contribution is -0.139. The number of aromatic nitrogens is 4. The van der Waals surface area contributed by atoms with Crippen molar-refractivity contribution in [1.29, 1.82) is 0 Å². The SMILES string of the molecule is C#CCOCC(COCC#C)(COCC#C)CC(=O)CCOCCOCCOCCOCCOCCOCCCC(=O)CC[C@H](NC(=O)c1ccc(NCc2cnc3nc(N)[nH]c(=O)c3n2)cc1)C(=O)O. The summed E-state index contributed by atoms with van der Waals surface area (Å²) < 4.78 is 49.8. The number of nitrogen functional groups attached to an aromatic ring is 1. The average molecular weight is 992 g/mol. The fourth-order valence-electron chi connectivity index (χ4n) is 6.44. The van der Waals surface area contributed by atoms with Crippen LogP contribution < -0.4 is 21.9 Å². The van der Waals surface area contributed by atoms with Crippen LogP contribution in [0.25, 0.3) is 11.2 Å². The van der Waals surface area contributed by atoms with Gasteiger partial charge in [0.25, 0.3) is 11.5 Å². The third-order valence-electron chi connectivity index (χ3n) is 9.90. The summed E-state index contributed by atoms with van der Waals surface area (Å²) in [6, 6.07) is 5.06. The number of amides is 1. The predicted molar refractivity (Wildman–Crippen MR) is 259 cm³/mol. The number of hydrogen-bond acceptors (Lipinski definition) is 19. The standard InChI is InChI=1S/C49H65N7O15/c1-4-16-69-34-49(35-70-17-5-2,36-71-18-6-3)31-41(58)15-20-64-22-24-66-26-28-68-30-29-67-27-25-65-23-21-63-19-7-8-40(57)13-14-42(47(61)62)54-45(59)37-9-11-38(12-10-37)51-32-39-33-52-44-43(53-39)46(60)56-48(50)55-44/h1-3,9-12,33,42,51H,7-8,13-32,34-36H2,(H,54,59)(H,61,62)(H3,50,52,55,56,60)/t42-/m0/s1. The average Bonchev–Trinajstić information content (AvgIpc) is 3.35. The van der Waals surface area contributed by atoms with Gasteiger partial charge in [0.2, 0.25) is 5.95 Å². The minimum absolute atomic E-state index is 0.0231. The van der Waals surface area contributed by atoms with Gasteiger partial charge in [-0.05, 0) is 37.1 Å². The molecule has 0 unspecified atom stereocenters. The number of terminal acetylenes is 3. The number of fused-ring (bicyclic) bond motifs is 1. The zero-order valence-corrected chi connectivity index (χ0v) is 40.0. The van der Waals surface area contributed by atoms with E-state index in [0.29, 0.717) is 90.5 Å². The number of nitrogens with two attached hydrogens (primary N) is 1. The van der Waals surface area contributed by atoms with E-state index in [1.807, 2.05) is 0 Å². The molecule has 3 rings (SSSR count). The molecule has 22 nitrogen and oxygen atoms in total.